The van der Waals surface area contributed by atoms with Crippen LogP contribution in [-0.4, -0.2) is 39.5 Å². The van der Waals surface area contributed by atoms with Gasteiger partial charge in [0.1, 0.15) is 5.00 Å². The van der Waals surface area contributed by atoms with E-state index in [1.807, 2.05) is 6.92 Å². The molecule has 3 rings (SSSR count). The molecule has 8 nitrogen and oxygen atoms in total. The van der Waals surface area contributed by atoms with Gasteiger partial charge in [-0.25, -0.2) is 14.4 Å². The van der Waals surface area contributed by atoms with Crippen LogP contribution in [0.25, 0.3) is 5.00 Å². The number of cyclic esters (lactones) is 2. The lowest BCUT2D eigenvalue weighted by molar-refractivity contribution is 0.0431. The second kappa shape index (κ2) is 5.02. The number of hydrogen-bond acceptors (Lipinski definition) is 8. The van der Waals surface area contributed by atoms with Gasteiger partial charge in [-0.1, -0.05) is 5.21 Å². The van der Waals surface area contributed by atoms with Gasteiger partial charge in [0.2, 0.25) is 5.69 Å². The molecule has 0 fully saturated rings. The van der Waals surface area contributed by atoms with E-state index in [4.69, 9.17) is 4.74 Å². The molecular formula is C13H11N3O5S. The molecule has 0 bridgehead atoms. The maximum atomic E-state index is 12.2. The first-order valence-electron chi connectivity index (χ1n) is 6.45. The Kier molecular flexibility index (Phi) is 3.28. The molecule has 0 spiro atoms. The molecular weight excluding hydrogens is 310 g/mol. The van der Waals surface area contributed by atoms with Gasteiger partial charge >= 0.3 is 17.9 Å². The van der Waals surface area contributed by atoms with Crippen molar-refractivity contribution in [2.75, 3.05) is 6.61 Å². The molecule has 0 saturated carbocycles. The van der Waals surface area contributed by atoms with Crippen LogP contribution in [0, 0.1) is 13.8 Å². The van der Waals surface area contributed by atoms with E-state index in [1.165, 1.54) is 16.0 Å². The molecule has 1 aliphatic rings. The van der Waals surface area contributed by atoms with Crippen LogP contribution in [0.5, 0.6) is 0 Å². The highest BCUT2D eigenvalue weighted by atomic mass is 32.1. The summed E-state index contributed by atoms with van der Waals surface area (Å²) in [6.45, 7) is 5.55. The number of carbonyl (C=O) groups excluding carboxylic acids is 3. The molecule has 0 radical (unpaired) electrons. The van der Waals surface area contributed by atoms with Gasteiger partial charge in [0.05, 0.1) is 12.2 Å². The first kappa shape index (κ1) is 14.4. The zero-order valence-electron chi connectivity index (χ0n) is 12.0. The smallest absolute Gasteiger partial charge is 0.369 e. The highest BCUT2D eigenvalue weighted by Gasteiger charge is 2.38. The van der Waals surface area contributed by atoms with E-state index in [0.29, 0.717) is 10.6 Å². The Labute approximate surface area is 128 Å². The number of rotatable bonds is 3. The van der Waals surface area contributed by atoms with E-state index in [9.17, 15) is 14.4 Å². The predicted molar refractivity (Wildman–Crippen MR) is 74.4 cm³/mol. The SMILES string of the molecule is CCOC(=O)c1c(-n2nnc3c2C(=O)OC3=O)sc(C)c1C. The van der Waals surface area contributed by atoms with Crippen LogP contribution in [0.4, 0.5) is 0 Å². The molecule has 0 saturated heterocycles. The lowest BCUT2D eigenvalue weighted by Gasteiger charge is -2.05. The zero-order valence-corrected chi connectivity index (χ0v) is 12.8. The summed E-state index contributed by atoms with van der Waals surface area (Å²) in [4.78, 5) is 36.3. The minimum Gasteiger partial charge on any atom is -0.462 e. The van der Waals surface area contributed by atoms with Crippen LogP contribution in [0.1, 0.15) is 48.7 Å². The number of thiophene rings is 1. The van der Waals surface area contributed by atoms with Crippen molar-refractivity contribution in [1.82, 2.24) is 15.0 Å². The number of esters is 3. The molecule has 9 heteroatoms. The average molecular weight is 321 g/mol. The van der Waals surface area contributed by atoms with Gasteiger partial charge in [0.15, 0.2) is 5.69 Å². The third-order valence-electron chi connectivity index (χ3n) is 3.28. The number of carbonyl (C=O) groups is 3. The number of nitrogens with zero attached hydrogens (tertiary/aromatic N) is 3. The Bertz CT molecular complexity index is 820. The van der Waals surface area contributed by atoms with E-state index in [0.717, 1.165) is 10.4 Å². The molecule has 114 valence electrons. The summed E-state index contributed by atoms with van der Waals surface area (Å²) in [5.74, 6) is -2.18. The van der Waals surface area contributed by atoms with Crippen LogP contribution in [-0.2, 0) is 9.47 Å². The van der Waals surface area contributed by atoms with E-state index in [2.05, 4.69) is 15.0 Å². The lowest BCUT2D eigenvalue weighted by atomic mass is 10.1. The van der Waals surface area contributed by atoms with Crippen LogP contribution >= 0.6 is 11.3 Å². The van der Waals surface area contributed by atoms with E-state index < -0.39 is 17.9 Å². The molecule has 2 aromatic heterocycles. The van der Waals surface area contributed by atoms with E-state index in [1.54, 1.807) is 13.8 Å². The summed E-state index contributed by atoms with van der Waals surface area (Å²) in [7, 11) is 0. The number of hydrogen-bond donors (Lipinski definition) is 0. The third kappa shape index (κ3) is 1.93. The molecule has 2 aromatic rings. The maximum absolute atomic E-state index is 12.2. The minimum absolute atomic E-state index is 0.0724. The van der Waals surface area contributed by atoms with Crippen molar-refractivity contribution in [3.05, 3.63) is 27.4 Å². The summed E-state index contributed by atoms with van der Waals surface area (Å²) in [5.41, 5.74) is 0.824. The lowest BCUT2D eigenvalue weighted by Crippen LogP contribution is -2.13. The molecule has 0 N–H and O–H groups in total. The van der Waals surface area contributed by atoms with Crippen LogP contribution in [0.3, 0.4) is 0 Å². The van der Waals surface area contributed by atoms with E-state index in [-0.39, 0.29) is 18.0 Å². The molecule has 3 heterocycles. The normalized spacial score (nSPS) is 13.2. The molecule has 22 heavy (non-hydrogen) atoms. The highest BCUT2D eigenvalue weighted by Crippen LogP contribution is 2.33. The topological polar surface area (TPSA) is 100 Å². The van der Waals surface area contributed by atoms with Crippen LogP contribution < -0.4 is 0 Å². The van der Waals surface area contributed by atoms with Gasteiger partial charge in [-0.2, -0.15) is 4.68 Å². The Morgan fingerprint density at radius 2 is 2.05 bits per heavy atom. The fraction of sp³-hybridized carbons (Fsp3) is 0.308. The van der Waals surface area contributed by atoms with Crippen molar-refractivity contribution >= 4 is 29.2 Å². The van der Waals surface area contributed by atoms with Gasteiger partial charge in [-0.15, -0.1) is 16.4 Å². The second-order valence-corrected chi connectivity index (χ2v) is 5.76. The van der Waals surface area contributed by atoms with E-state index >= 15 is 0 Å². The molecule has 0 amide bonds. The number of fused-ring (bicyclic) bond motifs is 1. The largest absolute Gasteiger partial charge is 0.462 e. The summed E-state index contributed by atoms with van der Waals surface area (Å²) in [5, 5.41) is 7.86. The number of aromatic nitrogens is 3. The molecule has 0 atom stereocenters. The third-order valence-corrected chi connectivity index (χ3v) is 4.46. The van der Waals surface area contributed by atoms with Gasteiger partial charge < -0.3 is 9.47 Å². The van der Waals surface area contributed by atoms with Gasteiger partial charge in [-0.05, 0) is 26.3 Å². The Morgan fingerprint density at radius 1 is 1.32 bits per heavy atom. The Hall–Kier alpha value is -2.55. The summed E-state index contributed by atoms with van der Waals surface area (Å²) in [6, 6.07) is 0. The monoisotopic (exact) mass is 321 g/mol. The fourth-order valence-corrected chi connectivity index (χ4v) is 3.23. The fourth-order valence-electron chi connectivity index (χ4n) is 2.13. The Morgan fingerprint density at radius 3 is 2.73 bits per heavy atom. The standard InChI is InChI=1S/C13H11N3O5S/c1-4-20-11(17)7-5(2)6(3)22-10(7)16-9-8(14-15-16)12(18)21-13(9)19/h4H2,1-3H3. The molecule has 1 aliphatic heterocycles. The summed E-state index contributed by atoms with van der Waals surface area (Å²) in [6.07, 6.45) is 0. The van der Waals surface area contributed by atoms with Crippen molar-refractivity contribution in [2.24, 2.45) is 0 Å². The van der Waals surface area contributed by atoms with Crippen molar-refractivity contribution in [3.8, 4) is 5.00 Å². The van der Waals surface area contributed by atoms with Gasteiger partial charge in [0.25, 0.3) is 0 Å². The predicted octanol–water partition coefficient (Wildman–Crippen LogP) is 1.43. The number of aryl methyl sites for hydroxylation is 1. The first-order chi connectivity index (χ1) is 10.5. The minimum atomic E-state index is -0.839. The molecule has 0 aromatic carbocycles. The zero-order chi connectivity index (χ0) is 16.0. The van der Waals surface area contributed by atoms with Crippen LogP contribution in [0.15, 0.2) is 0 Å². The quantitative estimate of drug-likeness (QED) is 0.622. The summed E-state index contributed by atoms with van der Waals surface area (Å²) >= 11 is 1.26. The summed E-state index contributed by atoms with van der Waals surface area (Å²) < 4.78 is 10.7. The molecule has 0 aliphatic carbocycles. The Balaban J connectivity index is 2.21. The van der Waals surface area contributed by atoms with Gasteiger partial charge in [-0.3, -0.25) is 0 Å². The molecule has 0 unspecified atom stereocenters. The number of ether oxygens (including phenoxy) is 2. The maximum Gasteiger partial charge on any atom is 0.369 e. The average Bonchev–Trinajstić information content (AvgIpc) is 3.08. The second-order valence-electron chi connectivity index (χ2n) is 4.56. The van der Waals surface area contributed by atoms with Crippen molar-refractivity contribution in [3.63, 3.8) is 0 Å². The van der Waals surface area contributed by atoms with Gasteiger partial charge in [0, 0.05) is 4.88 Å². The van der Waals surface area contributed by atoms with Crippen molar-refractivity contribution in [2.45, 2.75) is 20.8 Å². The highest BCUT2D eigenvalue weighted by molar-refractivity contribution is 7.15. The van der Waals surface area contributed by atoms with Crippen LogP contribution in [0.2, 0.25) is 0 Å². The van der Waals surface area contributed by atoms with Crippen molar-refractivity contribution in [1.29, 1.82) is 0 Å². The first-order valence-corrected chi connectivity index (χ1v) is 7.27. The van der Waals surface area contributed by atoms with Crippen molar-refractivity contribution < 1.29 is 23.9 Å².